The molecule has 1 saturated heterocycles. The Morgan fingerprint density at radius 2 is 2.21 bits per heavy atom. The normalized spacial score (nSPS) is 21.1. The van der Waals surface area contributed by atoms with Gasteiger partial charge in [0, 0.05) is 18.5 Å². The monoisotopic (exact) mass is 200 g/mol. The van der Waals surface area contributed by atoms with Crippen molar-refractivity contribution in [1.29, 1.82) is 0 Å². The zero-order valence-electron chi connectivity index (χ0n) is 9.22. The van der Waals surface area contributed by atoms with E-state index in [1.165, 1.54) is 0 Å². The zero-order chi connectivity index (χ0) is 10.6. The third-order valence-electron chi connectivity index (χ3n) is 2.48. The second-order valence-electron chi connectivity index (χ2n) is 4.30. The molecule has 4 nitrogen and oxygen atoms in total. The van der Waals surface area contributed by atoms with Crippen molar-refractivity contribution in [3.8, 4) is 0 Å². The second-order valence-corrected chi connectivity index (χ2v) is 4.30. The lowest BCUT2D eigenvalue weighted by molar-refractivity contribution is -0.124. The van der Waals surface area contributed by atoms with E-state index in [2.05, 4.69) is 17.6 Å². The lowest BCUT2D eigenvalue weighted by Crippen LogP contribution is -2.52. The summed E-state index contributed by atoms with van der Waals surface area (Å²) < 4.78 is 5.14. The molecule has 0 spiro atoms. The van der Waals surface area contributed by atoms with E-state index in [1.54, 1.807) is 0 Å². The smallest absolute Gasteiger partial charge is 0.236 e. The number of nitrogens with one attached hydrogen (secondary N) is 2. The highest BCUT2D eigenvalue weighted by Gasteiger charge is 2.33. The Labute approximate surface area is 85.4 Å². The molecule has 0 bridgehead atoms. The highest BCUT2D eigenvalue weighted by molar-refractivity contribution is 5.81. The van der Waals surface area contributed by atoms with Crippen LogP contribution in [0.2, 0.25) is 0 Å². The summed E-state index contributed by atoms with van der Waals surface area (Å²) in [4.78, 5) is 11.4. The van der Waals surface area contributed by atoms with E-state index in [4.69, 9.17) is 4.74 Å². The van der Waals surface area contributed by atoms with Gasteiger partial charge in [0.05, 0.1) is 19.3 Å². The number of hydrogen-bond acceptors (Lipinski definition) is 3. The molecule has 1 unspecified atom stereocenters. The standard InChI is InChI=1S/C10H20N2O2/c1-4-11-9(13)8(2)12-5-10(3)6-14-7-10/h8,12H,4-7H2,1-3H3,(H,11,13). The molecule has 1 aliphatic rings. The minimum absolute atomic E-state index is 0.0661. The van der Waals surface area contributed by atoms with Gasteiger partial charge in [0.25, 0.3) is 0 Å². The van der Waals surface area contributed by atoms with Crippen molar-refractivity contribution in [2.45, 2.75) is 26.8 Å². The molecule has 0 aromatic heterocycles. The fourth-order valence-electron chi connectivity index (χ4n) is 1.37. The van der Waals surface area contributed by atoms with E-state index < -0.39 is 0 Å². The number of likely N-dealkylation sites (N-methyl/N-ethyl adjacent to an activating group) is 1. The third kappa shape index (κ3) is 2.96. The molecule has 1 fully saturated rings. The van der Waals surface area contributed by atoms with Crippen molar-refractivity contribution in [2.24, 2.45) is 5.41 Å². The molecule has 1 amide bonds. The number of ether oxygens (including phenoxy) is 1. The van der Waals surface area contributed by atoms with Crippen LogP contribution in [0, 0.1) is 5.41 Å². The zero-order valence-corrected chi connectivity index (χ0v) is 9.22. The Hall–Kier alpha value is -0.610. The van der Waals surface area contributed by atoms with E-state index in [9.17, 15) is 4.79 Å². The fourth-order valence-corrected chi connectivity index (χ4v) is 1.37. The molecule has 0 radical (unpaired) electrons. The predicted molar refractivity (Wildman–Crippen MR) is 55.1 cm³/mol. The molecule has 0 saturated carbocycles. The Balaban J connectivity index is 2.20. The summed E-state index contributed by atoms with van der Waals surface area (Å²) in [7, 11) is 0. The Morgan fingerprint density at radius 3 is 2.64 bits per heavy atom. The minimum Gasteiger partial charge on any atom is -0.380 e. The van der Waals surface area contributed by atoms with Crippen LogP contribution in [-0.4, -0.2) is 38.3 Å². The number of amides is 1. The largest absolute Gasteiger partial charge is 0.380 e. The van der Waals surface area contributed by atoms with Crippen LogP contribution in [0.3, 0.4) is 0 Å². The topological polar surface area (TPSA) is 50.4 Å². The van der Waals surface area contributed by atoms with Crippen LogP contribution >= 0.6 is 0 Å². The SMILES string of the molecule is CCNC(=O)C(C)NCC1(C)COC1. The first-order valence-electron chi connectivity index (χ1n) is 5.16. The van der Waals surface area contributed by atoms with Crippen LogP contribution in [0.5, 0.6) is 0 Å². The summed E-state index contributed by atoms with van der Waals surface area (Å²) in [5, 5.41) is 6.00. The van der Waals surface area contributed by atoms with Gasteiger partial charge in [-0.3, -0.25) is 4.79 Å². The van der Waals surface area contributed by atoms with Gasteiger partial charge in [0.1, 0.15) is 0 Å². The van der Waals surface area contributed by atoms with Crippen LogP contribution in [0.1, 0.15) is 20.8 Å². The van der Waals surface area contributed by atoms with Crippen molar-refractivity contribution in [3.05, 3.63) is 0 Å². The number of rotatable bonds is 5. The van der Waals surface area contributed by atoms with Crippen molar-refractivity contribution >= 4 is 5.91 Å². The highest BCUT2D eigenvalue weighted by Crippen LogP contribution is 2.25. The summed E-state index contributed by atoms with van der Waals surface area (Å²) in [6, 6.07) is -0.118. The summed E-state index contributed by atoms with van der Waals surface area (Å²) in [5.41, 5.74) is 0.223. The van der Waals surface area contributed by atoms with E-state index in [0.29, 0.717) is 6.54 Å². The first-order chi connectivity index (χ1) is 6.57. The van der Waals surface area contributed by atoms with Gasteiger partial charge < -0.3 is 15.4 Å². The van der Waals surface area contributed by atoms with Gasteiger partial charge in [-0.15, -0.1) is 0 Å². The van der Waals surface area contributed by atoms with Gasteiger partial charge >= 0.3 is 0 Å². The van der Waals surface area contributed by atoms with Crippen LogP contribution in [0.4, 0.5) is 0 Å². The Morgan fingerprint density at radius 1 is 1.57 bits per heavy atom. The molecule has 1 heterocycles. The maximum absolute atomic E-state index is 11.4. The van der Waals surface area contributed by atoms with E-state index in [0.717, 1.165) is 19.8 Å². The molecule has 0 aromatic rings. The molecule has 0 aliphatic carbocycles. The summed E-state index contributed by atoms with van der Waals surface area (Å²) >= 11 is 0. The van der Waals surface area contributed by atoms with Gasteiger partial charge in [0.15, 0.2) is 0 Å². The molecule has 1 aliphatic heterocycles. The quantitative estimate of drug-likeness (QED) is 0.663. The Kier molecular flexibility index (Phi) is 3.89. The molecule has 0 aromatic carbocycles. The summed E-state index contributed by atoms with van der Waals surface area (Å²) in [6.45, 7) is 9.08. The molecular formula is C10H20N2O2. The first kappa shape index (κ1) is 11.5. The van der Waals surface area contributed by atoms with Crippen LogP contribution < -0.4 is 10.6 Å². The van der Waals surface area contributed by atoms with E-state index >= 15 is 0 Å². The summed E-state index contributed by atoms with van der Waals surface area (Å²) in [6.07, 6.45) is 0. The maximum Gasteiger partial charge on any atom is 0.236 e. The lowest BCUT2D eigenvalue weighted by atomic mass is 9.88. The first-order valence-corrected chi connectivity index (χ1v) is 5.16. The molecule has 14 heavy (non-hydrogen) atoms. The van der Waals surface area contributed by atoms with Gasteiger partial charge in [-0.1, -0.05) is 6.92 Å². The molecular weight excluding hydrogens is 180 g/mol. The molecule has 82 valence electrons. The second kappa shape index (κ2) is 4.75. The van der Waals surface area contributed by atoms with E-state index in [1.807, 2.05) is 13.8 Å². The van der Waals surface area contributed by atoms with Gasteiger partial charge in [-0.25, -0.2) is 0 Å². The van der Waals surface area contributed by atoms with Gasteiger partial charge in [-0.2, -0.15) is 0 Å². The molecule has 4 heteroatoms. The van der Waals surface area contributed by atoms with Crippen molar-refractivity contribution in [3.63, 3.8) is 0 Å². The van der Waals surface area contributed by atoms with Gasteiger partial charge in [-0.05, 0) is 13.8 Å². The van der Waals surface area contributed by atoms with Crippen LogP contribution in [0.15, 0.2) is 0 Å². The highest BCUT2D eigenvalue weighted by atomic mass is 16.5. The third-order valence-corrected chi connectivity index (χ3v) is 2.48. The Bertz CT molecular complexity index is 202. The number of carbonyl (C=O) groups excluding carboxylic acids is 1. The van der Waals surface area contributed by atoms with Crippen molar-refractivity contribution < 1.29 is 9.53 Å². The number of hydrogen-bond donors (Lipinski definition) is 2. The lowest BCUT2D eigenvalue weighted by Gasteiger charge is -2.38. The van der Waals surface area contributed by atoms with Crippen molar-refractivity contribution in [1.82, 2.24) is 10.6 Å². The minimum atomic E-state index is -0.118. The average molecular weight is 200 g/mol. The van der Waals surface area contributed by atoms with E-state index in [-0.39, 0.29) is 17.4 Å². The average Bonchev–Trinajstić information content (AvgIpc) is 2.11. The fraction of sp³-hybridized carbons (Fsp3) is 0.900. The number of carbonyl (C=O) groups is 1. The maximum atomic E-state index is 11.4. The molecule has 1 atom stereocenters. The van der Waals surface area contributed by atoms with Crippen LogP contribution in [-0.2, 0) is 9.53 Å². The van der Waals surface area contributed by atoms with Crippen molar-refractivity contribution in [2.75, 3.05) is 26.3 Å². The predicted octanol–water partition coefficient (Wildman–Crippen LogP) is 0.137. The van der Waals surface area contributed by atoms with Crippen LogP contribution in [0.25, 0.3) is 0 Å². The summed E-state index contributed by atoms with van der Waals surface area (Å²) in [5.74, 6) is 0.0661. The molecule has 2 N–H and O–H groups in total. The molecule has 1 rings (SSSR count). The van der Waals surface area contributed by atoms with Gasteiger partial charge in [0.2, 0.25) is 5.91 Å².